The molecule has 0 aromatic heterocycles. The van der Waals surface area contributed by atoms with E-state index in [1.165, 1.54) is 0 Å². The summed E-state index contributed by atoms with van der Waals surface area (Å²) in [5, 5.41) is 8.52. The van der Waals surface area contributed by atoms with Crippen molar-refractivity contribution in [1.82, 2.24) is 0 Å². The Balaban J connectivity index is 0.000000810. The highest BCUT2D eigenvalue weighted by atomic mass is 35.5. The molecule has 0 spiro atoms. The number of hydrogen-bond donors (Lipinski definition) is 2. The Hall–Kier alpha value is -0.280. The van der Waals surface area contributed by atoms with Gasteiger partial charge < -0.3 is 10.8 Å². The summed E-state index contributed by atoms with van der Waals surface area (Å²) in [5.41, 5.74) is 4.33. The number of rotatable bonds is 1. The molecule has 1 fully saturated rings. The molecule has 0 saturated heterocycles. The van der Waals surface area contributed by atoms with Crippen molar-refractivity contribution in [1.29, 1.82) is 0 Å². The van der Waals surface area contributed by atoms with Gasteiger partial charge in [0, 0.05) is 0 Å². The Kier molecular flexibility index (Phi) is 2.04. The number of aliphatic carboxylic acids is 1. The Bertz CT molecular complexity index is 169. The summed E-state index contributed by atoms with van der Waals surface area (Å²) < 4.78 is 0. The van der Waals surface area contributed by atoms with E-state index in [1.807, 2.05) is 13.8 Å². The van der Waals surface area contributed by atoms with Crippen LogP contribution in [0, 0.1) is 5.41 Å². The first kappa shape index (κ1) is 9.72. The molecule has 0 radical (unpaired) electrons. The van der Waals surface area contributed by atoms with Crippen molar-refractivity contribution in [3.05, 3.63) is 0 Å². The van der Waals surface area contributed by atoms with Gasteiger partial charge in [0.2, 0.25) is 0 Å². The molecular weight excluding hydrogens is 154 g/mol. The SMILES string of the molecule is CC1(C)CC1(N)C(=O)O.Cl. The number of hydrogen-bond acceptors (Lipinski definition) is 2. The normalized spacial score (nSPS) is 34.3. The van der Waals surface area contributed by atoms with E-state index in [0.29, 0.717) is 6.42 Å². The molecule has 1 aliphatic rings. The molecule has 1 saturated carbocycles. The third kappa shape index (κ3) is 0.995. The first-order chi connectivity index (χ1) is 3.90. The van der Waals surface area contributed by atoms with Crippen molar-refractivity contribution in [3.8, 4) is 0 Å². The van der Waals surface area contributed by atoms with Crippen LogP contribution in [0.5, 0.6) is 0 Å². The summed E-state index contributed by atoms with van der Waals surface area (Å²) in [4.78, 5) is 10.4. The fraction of sp³-hybridized carbons (Fsp3) is 0.833. The molecule has 0 aromatic carbocycles. The average molecular weight is 166 g/mol. The summed E-state index contributed by atoms with van der Waals surface area (Å²) >= 11 is 0. The van der Waals surface area contributed by atoms with Crippen molar-refractivity contribution in [2.24, 2.45) is 11.1 Å². The second kappa shape index (κ2) is 2.10. The third-order valence-corrected chi connectivity index (χ3v) is 2.19. The highest BCUT2D eigenvalue weighted by molar-refractivity contribution is 5.85. The van der Waals surface area contributed by atoms with Gasteiger partial charge in [0.05, 0.1) is 0 Å². The molecule has 0 aliphatic heterocycles. The Morgan fingerprint density at radius 1 is 1.60 bits per heavy atom. The van der Waals surface area contributed by atoms with Crippen molar-refractivity contribution in [2.75, 3.05) is 0 Å². The van der Waals surface area contributed by atoms with Gasteiger partial charge in [0.15, 0.2) is 0 Å². The van der Waals surface area contributed by atoms with Gasteiger partial charge in [-0.3, -0.25) is 4.79 Å². The van der Waals surface area contributed by atoms with Crippen molar-refractivity contribution in [3.63, 3.8) is 0 Å². The predicted octanol–water partition coefficient (Wildman–Crippen LogP) is 0.620. The predicted molar refractivity (Wildman–Crippen MR) is 40.2 cm³/mol. The molecule has 60 valence electrons. The first-order valence-electron chi connectivity index (χ1n) is 2.92. The second-order valence-electron chi connectivity index (χ2n) is 3.34. The lowest BCUT2D eigenvalue weighted by Crippen LogP contribution is -2.37. The van der Waals surface area contributed by atoms with Crippen molar-refractivity contribution < 1.29 is 9.90 Å². The Labute approximate surface area is 66.0 Å². The van der Waals surface area contributed by atoms with Crippen LogP contribution in [0.15, 0.2) is 0 Å². The maximum atomic E-state index is 10.4. The largest absolute Gasteiger partial charge is 0.480 e. The topological polar surface area (TPSA) is 63.3 Å². The van der Waals surface area contributed by atoms with Gasteiger partial charge in [0.25, 0.3) is 0 Å². The van der Waals surface area contributed by atoms with Gasteiger partial charge in [-0.2, -0.15) is 0 Å². The van der Waals surface area contributed by atoms with Crippen LogP contribution in [0.25, 0.3) is 0 Å². The van der Waals surface area contributed by atoms with Gasteiger partial charge in [-0.25, -0.2) is 0 Å². The van der Waals surface area contributed by atoms with E-state index in [2.05, 4.69) is 0 Å². The standard InChI is InChI=1S/C6H11NO2.ClH/c1-5(2)3-6(5,7)4(8)9;/h3,7H2,1-2H3,(H,8,9);1H. The highest BCUT2D eigenvalue weighted by Gasteiger charge is 2.64. The van der Waals surface area contributed by atoms with Gasteiger partial charge in [-0.1, -0.05) is 13.8 Å². The van der Waals surface area contributed by atoms with Crippen molar-refractivity contribution >= 4 is 18.4 Å². The van der Waals surface area contributed by atoms with E-state index >= 15 is 0 Å². The Morgan fingerprint density at radius 3 is 1.90 bits per heavy atom. The molecule has 1 aliphatic carbocycles. The molecule has 0 amide bonds. The van der Waals surface area contributed by atoms with Crippen molar-refractivity contribution in [2.45, 2.75) is 25.8 Å². The smallest absolute Gasteiger partial charge is 0.324 e. The summed E-state index contributed by atoms with van der Waals surface area (Å²) in [5.74, 6) is -0.882. The summed E-state index contributed by atoms with van der Waals surface area (Å²) in [7, 11) is 0. The average Bonchev–Trinajstić information content (AvgIpc) is 2.08. The lowest BCUT2D eigenvalue weighted by atomic mass is 10.1. The minimum Gasteiger partial charge on any atom is -0.480 e. The van der Waals surface area contributed by atoms with Gasteiger partial charge in [-0.15, -0.1) is 12.4 Å². The number of carboxylic acid groups (broad SMARTS) is 1. The summed E-state index contributed by atoms with van der Waals surface area (Å²) in [6.45, 7) is 3.72. The van der Waals surface area contributed by atoms with E-state index in [-0.39, 0.29) is 17.8 Å². The van der Waals surface area contributed by atoms with Crippen LogP contribution in [-0.2, 0) is 4.79 Å². The van der Waals surface area contributed by atoms with Gasteiger partial charge in [0.1, 0.15) is 5.54 Å². The van der Waals surface area contributed by atoms with Crippen LogP contribution in [0.4, 0.5) is 0 Å². The first-order valence-corrected chi connectivity index (χ1v) is 2.92. The molecule has 1 unspecified atom stereocenters. The Morgan fingerprint density at radius 2 is 1.90 bits per heavy atom. The molecule has 1 atom stereocenters. The molecule has 0 aromatic rings. The third-order valence-electron chi connectivity index (χ3n) is 2.19. The summed E-state index contributed by atoms with van der Waals surface area (Å²) in [6.07, 6.45) is 0.593. The monoisotopic (exact) mass is 165 g/mol. The molecule has 0 bridgehead atoms. The molecule has 4 heteroatoms. The van der Waals surface area contributed by atoms with Crippen LogP contribution in [0.2, 0.25) is 0 Å². The quantitative estimate of drug-likeness (QED) is 0.599. The highest BCUT2D eigenvalue weighted by Crippen LogP contribution is 2.53. The molecule has 1 rings (SSSR count). The maximum Gasteiger partial charge on any atom is 0.324 e. The van der Waals surface area contributed by atoms with Crippen LogP contribution in [-0.4, -0.2) is 16.6 Å². The number of carbonyl (C=O) groups is 1. The summed E-state index contributed by atoms with van der Waals surface area (Å²) in [6, 6.07) is 0. The van der Waals surface area contributed by atoms with Gasteiger partial charge >= 0.3 is 5.97 Å². The zero-order valence-corrected chi connectivity index (χ0v) is 6.86. The van der Waals surface area contributed by atoms with Crippen LogP contribution >= 0.6 is 12.4 Å². The maximum absolute atomic E-state index is 10.4. The fourth-order valence-electron chi connectivity index (χ4n) is 1.02. The van der Waals surface area contributed by atoms with Crippen LogP contribution < -0.4 is 5.73 Å². The lowest BCUT2D eigenvalue weighted by Gasteiger charge is -2.07. The van der Waals surface area contributed by atoms with Gasteiger partial charge in [-0.05, 0) is 11.8 Å². The lowest BCUT2D eigenvalue weighted by molar-refractivity contribution is -0.140. The van der Waals surface area contributed by atoms with E-state index < -0.39 is 11.5 Å². The molecule has 0 heterocycles. The minimum absolute atomic E-state index is 0. The van der Waals surface area contributed by atoms with Crippen LogP contribution in [0.3, 0.4) is 0 Å². The molecular formula is C6H12ClNO2. The molecule has 3 nitrogen and oxygen atoms in total. The number of carboxylic acids is 1. The fourth-order valence-corrected chi connectivity index (χ4v) is 1.02. The van der Waals surface area contributed by atoms with Crippen LogP contribution in [0.1, 0.15) is 20.3 Å². The van der Waals surface area contributed by atoms with E-state index in [4.69, 9.17) is 10.8 Å². The second-order valence-corrected chi connectivity index (χ2v) is 3.34. The number of nitrogens with two attached hydrogens (primary N) is 1. The van der Waals surface area contributed by atoms with E-state index in [9.17, 15) is 4.79 Å². The zero-order chi connectivity index (χ0) is 7.28. The van der Waals surface area contributed by atoms with E-state index in [0.717, 1.165) is 0 Å². The van der Waals surface area contributed by atoms with E-state index in [1.54, 1.807) is 0 Å². The number of halogens is 1. The zero-order valence-electron chi connectivity index (χ0n) is 6.05. The molecule has 3 N–H and O–H groups in total. The molecule has 10 heavy (non-hydrogen) atoms. The minimum atomic E-state index is -0.938.